The van der Waals surface area contributed by atoms with E-state index in [1.165, 1.54) is 11.8 Å². The molecule has 8 heteroatoms. The highest BCUT2D eigenvalue weighted by molar-refractivity contribution is 7.99. The minimum absolute atomic E-state index is 0.00222. The Labute approximate surface area is 122 Å². The molecule has 0 aromatic carbocycles. The number of nitrogens with one attached hydrogen (secondary N) is 1. The van der Waals surface area contributed by atoms with E-state index in [1.807, 2.05) is 0 Å². The van der Waals surface area contributed by atoms with E-state index in [9.17, 15) is 23.1 Å². The fourth-order valence-corrected chi connectivity index (χ4v) is 5.47. The van der Waals surface area contributed by atoms with Crippen LogP contribution in [0.2, 0.25) is 0 Å². The van der Waals surface area contributed by atoms with Crippen LogP contribution >= 0.6 is 11.8 Å². The summed E-state index contributed by atoms with van der Waals surface area (Å²) in [6, 6.07) is 0. The predicted molar refractivity (Wildman–Crippen MR) is 76.4 cm³/mol. The lowest BCUT2D eigenvalue weighted by atomic mass is 9.97. The van der Waals surface area contributed by atoms with Gasteiger partial charge in [0.15, 0.2) is 0 Å². The molecule has 20 heavy (non-hydrogen) atoms. The lowest BCUT2D eigenvalue weighted by molar-refractivity contribution is -0.146. The highest BCUT2D eigenvalue weighted by Gasteiger charge is 2.49. The number of rotatable bonds is 6. The van der Waals surface area contributed by atoms with E-state index in [-0.39, 0.29) is 18.1 Å². The molecule has 0 aromatic heterocycles. The van der Waals surface area contributed by atoms with Gasteiger partial charge in [-0.3, -0.25) is 4.79 Å². The first-order valence-corrected chi connectivity index (χ1v) is 9.68. The SMILES string of the molecule is CS(=O)(=O)CC1(CC(=O)NC2(C(=O)O)CCSC2)CC1. The Morgan fingerprint density at radius 2 is 1.95 bits per heavy atom. The standard InChI is InChI=1S/C12H19NO5S2/c1-20(17,18)8-11(2-3-11)6-9(14)13-12(10(15)16)4-5-19-7-12/h2-8H2,1H3,(H,13,14)(H,15,16). The molecule has 1 unspecified atom stereocenters. The predicted octanol–water partition coefficient (Wildman–Crippen LogP) is 0.278. The Morgan fingerprint density at radius 3 is 2.35 bits per heavy atom. The first kappa shape index (κ1) is 15.6. The fourth-order valence-electron chi connectivity index (χ4n) is 2.64. The first-order chi connectivity index (χ1) is 9.17. The molecule has 114 valence electrons. The van der Waals surface area contributed by atoms with E-state index < -0.39 is 26.8 Å². The van der Waals surface area contributed by atoms with Crippen molar-refractivity contribution >= 4 is 33.5 Å². The van der Waals surface area contributed by atoms with Gasteiger partial charge in [-0.1, -0.05) is 0 Å². The molecule has 2 N–H and O–H groups in total. The van der Waals surface area contributed by atoms with Crippen molar-refractivity contribution in [3.63, 3.8) is 0 Å². The number of thioether (sulfide) groups is 1. The molecule has 1 aliphatic carbocycles. The second kappa shape index (κ2) is 5.22. The van der Waals surface area contributed by atoms with E-state index in [4.69, 9.17) is 0 Å². The molecule has 0 bridgehead atoms. The number of carbonyl (C=O) groups excluding carboxylic acids is 1. The molecule has 1 amide bonds. The van der Waals surface area contributed by atoms with Crippen LogP contribution in [-0.4, -0.2) is 54.5 Å². The second-order valence-corrected chi connectivity index (χ2v) is 9.23. The van der Waals surface area contributed by atoms with Gasteiger partial charge in [0.2, 0.25) is 5.91 Å². The van der Waals surface area contributed by atoms with Crippen molar-refractivity contribution in [2.24, 2.45) is 5.41 Å². The van der Waals surface area contributed by atoms with Crippen LogP contribution in [0, 0.1) is 5.41 Å². The number of carboxylic acids is 1. The summed E-state index contributed by atoms with van der Waals surface area (Å²) >= 11 is 1.50. The van der Waals surface area contributed by atoms with Crippen LogP contribution in [0.4, 0.5) is 0 Å². The molecule has 1 saturated heterocycles. The molecule has 0 spiro atoms. The van der Waals surface area contributed by atoms with Gasteiger partial charge in [-0.25, -0.2) is 13.2 Å². The van der Waals surface area contributed by atoms with Gasteiger partial charge in [0.1, 0.15) is 15.4 Å². The van der Waals surface area contributed by atoms with Crippen LogP contribution in [0.1, 0.15) is 25.7 Å². The number of sulfone groups is 1. The van der Waals surface area contributed by atoms with E-state index in [0.717, 1.165) is 6.26 Å². The van der Waals surface area contributed by atoms with Crippen LogP contribution < -0.4 is 5.32 Å². The maximum atomic E-state index is 12.1. The third kappa shape index (κ3) is 3.66. The topological polar surface area (TPSA) is 101 Å². The van der Waals surface area contributed by atoms with Gasteiger partial charge in [0.25, 0.3) is 0 Å². The number of aliphatic carboxylic acids is 1. The van der Waals surface area contributed by atoms with E-state index in [2.05, 4.69) is 5.32 Å². The number of carboxylic acid groups (broad SMARTS) is 1. The number of amides is 1. The van der Waals surface area contributed by atoms with Gasteiger partial charge < -0.3 is 10.4 Å². The maximum Gasteiger partial charge on any atom is 0.330 e. The zero-order valence-corrected chi connectivity index (χ0v) is 13.0. The lowest BCUT2D eigenvalue weighted by Crippen LogP contribution is -2.55. The smallest absolute Gasteiger partial charge is 0.330 e. The first-order valence-electron chi connectivity index (χ1n) is 6.46. The van der Waals surface area contributed by atoms with Crippen molar-refractivity contribution in [2.75, 3.05) is 23.5 Å². The molecule has 6 nitrogen and oxygen atoms in total. The molecule has 0 radical (unpaired) electrons. The molecule has 2 aliphatic rings. The minimum Gasteiger partial charge on any atom is -0.479 e. The Kier molecular flexibility index (Phi) is 4.07. The average molecular weight is 321 g/mol. The van der Waals surface area contributed by atoms with Gasteiger partial charge in [0, 0.05) is 18.4 Å². The molecular formula is C12H19NO5S2. The quantitative estimate of drug-likeness (QED) is 0.729. The van der Waals surface area contributed by atoms with Crippen molar-refractivity contribution in [2.45, 2.75) is 31.2 Å². The van der Waals surface area contributed by atoms with Crippen molar-refractivity contribution in [3.8, 4) is 0 Å². The van der Waals surface area contributed by atoms with Crippen LogP contribution in [0.15, 0.2) is 0 Å². The molecule has 2 rings (SSSR count). The Morgan fingerprint density at radius 1 is 1.30 bits per heavy atom. The normalized spacial score (nSPS) is 28.1. The third-order valence-corrected chi connectivity index (χ3v) is 6.20. The van der Waals surface area contributed by atoms with Crippen molar-refractivity contribution in [1.29, 1.82) is 0 Å². The van der Waals surface area contributed by atoms with Crippen molar-refractivity contribution in [3.05, 3.63) is 0 Å². The zero-order chi connectivity index (χ0) is 15.0. The molecule has 0 aromatic rings. The summed E-state index contributed by atoms with van der Waals surface area (Å²) in [7, 11) is -3.12. The third-order valence-electron chi connectivity index (χ3n) is 3.87. The van der Waals surface area contributed by atoms with Crippen LogP contribution in [0.25, 0.3) is 0 Å². The van der Waals surface area contributed by atoms with Gasteiger partial charge in [0.05, 0.1) is 5.75 Å². The monoisotopic (exact) mass is 321 g/mol. The summed E-state index contributed by atoms with van der Waals surface area (Å²) in [4.78, 5) is 23.4. The summed E-state index contributed by atoms with van der Waals surface area (Å²) in [5.41, 5.74) is -1.65. The van der Waals surface area contributed by atoms with Crippen LogP contribution in [-0.2, 0) is 19.4 Å². The Hall–Kier alpha value is -0.760. The Bertz CT molecular complexity index is 518. The van der Waals surface area contributed by atoms with E-state index in [0.29, 0.717) is 30.8 Å². The van der Waals surface area contributed by atoms with Gasteiger partial charge in [-0.05, 0) is 30.4 Å². The number of carbonyl (C=O) groups is 2. The summed E-state index contributed by atoms with van der Waals surface area (Å²) < 4.78 is 22.7. The van der Waals surface area contributed by atoms with Gasteiger partial charge in [-0.15, -0.1) is 0 Å². The molecule has 1 aliphatic heterocycles. The average Bonchev–Trinajstić information content (AvgIpc) is 2.84. The fraction of sp³-hybridized carbons (Fsp3) is 0.833. The van der Waals surface area contributed by atoms with E-state index >= 15 is 0 Å². The molecule has 1 heterocycles. The largest absolute Gasteiger partial charge is 0.479 e. The summed E-state index contributed by atoms with van der Waals surface area (Å²) in [6.07, 6.45) is 3.10. The summed E-state index contributed by atoms with van der Waals surface area (Å²) in [6.45, 7) is 0. The highest BCUT2D eigenvalue weighted by atomic mass is 32.2. The Balaban J connectivity index is 1.97. The van der Waals surface area contributed by atoms with Gasteiger partial charge >= 0.3 is 5.97 Å². The molecule has 1 saturated carbocycles. The molecule has 1 atom stereocenters. The summed E-state index contributed by atoms with van der Waals surface area (Å²) in [5, 5.41) is 11.9. The summed E-state index contributed by atoms with van der Waals surface area (Å²) in [5.74, 6) is -0.281. The van der Waals surface area contributed by atoms with Crippen LogP contribution in [0.3, 0.4) is 0 Å². The number of hydrogen-bond acceptors (Lipinski definition) is 5. The van der Waals surface area contributed by atoms with Crippen molar-refractivity contribution < 1.29 is 23.1 Å². The van der Waals surface area contributed by atoms with Crippen molar-refractivity contribution in [1.82, 2.24) is 5.32 Å². The molecular weight excluding hydrogens is 302 g/mol. The maximum absolute atomic E-state index is 12.1. The number of hydrogen-bond donors (Lipinski definition) is 2. The molecule has 2 fully saturated rings. The van der Waals surface area contributed by atoms with E-state index in [1.54, 1.807) is 0 Å². The highest BCUT2D eigenvalue weighted by Crippen LogP contribution is 2.49. The van der Waals surface area contributed by atoms with Crippen LogP contribution in [0.5, 0.6) is 0 Å². The zero-order valence-electron chi connectivity index (χ0n) is 11.3. The lowest BCUT2D eigenvalue weighted by Gasteiger charge is -2.25. The second-order valence-electron chi connectivity index (χ2n) is 5.98. The minimum atomic E-state index is -3.12. The van der Waals surface area contributed by atoms with Gasteiger partial charge in [-0.2, -0.15) is 11.8 Å².